The molecule has 88 valence electrons. The van der Waals surface area contributed by atoms with Gasteiger partial charge < -0.3 is 9.84 Å². The first-order chi connectivity index (χ1) is 8.02. The molecule has 17 heavy (non-hydrogen) atoms. The number of hydrogen-bond donors (Lipinski definition) is 1. The lowest BCUT2D eigenvalue weighted by Gasteiger charge is -1.97. The van der Waals surface area contributed by atoms with E-state index in [0.29, 0.717) is 10.0 Å². The number of carbonyl (C=O) groups excluding carboxylic acids is 1. The second-order valence-corrected chi connectivity index (χ2v) is 3.92. The highest BCUT2D eigenvalue weighted by atomic mass is 79.9. The molecule has 0 atom stereocenters. The highest BCUT2D eigenvalue weighted by Crippen LogP contribution is 2.15. The van der Waals surface area contributed by atoms with Crippen LogP contribution < -0.4 is 0 Å². The van der Waals surface area contributed by atoms with E-state index >= 15 is 0 Å². The summed E-state index contributed by atoms with van der Waals surface area (Å²) in [6, 6.07) is 4.47. The van der Waals surface area contributed by atoms with Gasteiger partial charge in [0, 0.05) is 16.0 Å². The molecule has 0 fully saturated rings. The second kappa shape index (κ2) is 6.06. The number of esters is 1. The lowest BCUT2D eigenvalue weighted by Crippen LogP contribution is -2.00. The number of aromatic carboxylic acids is 1. The van der Waals surface area contributed by atoms with Gasteiger partial charge >= 0.3 is 11.9 Å². The van der Waals surface area contributed by atoms with E-state index in [2.05, 4.69) is 32.5 Å². The molecular weight excluding hydrogens is 288 g/mol. The van der Waals surface area contributed by atoms with E-state index in [-0.39, 0.29) is 12.2 Å². The van der Waals surface area contributed by atoms with Crippen molar-refractivity contribution < 1.29 is 19.4 Å². The monoisotopic (exact) mass is 296 g/mol. The first-order valence-corrected chi connectivity index (χ1v) is 5.55. The number of carboxylic acid groups (broad SMARTS) is 1. The molecule has 0 aliphatic heterocycles. The van der Waals surface area contributed by atoms with Gasteiger partial charge in [0.2, 0.25) is 0 Å². The molecule has 1 N–H and O–H groups in total. The summed E-state index contributed by atoms with van der Waals surface area (Å²) in [5, 5.41) is 8.83. The fourth-order valence-corrected chi connectivity index (χ4v) is 1.57. The van der Waals surface area contributed by atoms with Crippen molar-refractivity contribution in [2.24, 2.45) is 0 Å². The topological polar surface area (TPSA) is 63.6 Å². The summed E-state index contributed by atoms with van der Waals surface area (Å²) in [6.07, 6.45) is 0. The maximum absolute atomic E-state index is 11.0. The minimum atomic E-state index is -1.05. The molecule has 0 heterocycles. The van der Waals surface area contributed by atoms with Crippen molar-refractivity contribution in [3.63, 3.8) is 0 Å². The van der Waals surface area contributed by atoms with Crippen molar-refractivity contribution in [1.29, 1.82) is 0 Å². The summed E-state index contributed by atoms with van der Waals surface area (Å²) in [7, 11) is 0. The quantitative estimate of drug-likeness (QED) is 0.670. The maximum atomic E-state index is 11.0. The van der Waals surface area contributed by atoms with Crippen molar-refractivity contribution in [2.75, 3.05) is 6.61 Å². The van der Waals surface area contributed by atoms with Gasteiger partial charge in [0.25, 0.3) is 0 Å². The summed E-state index contributed by atoms with van der Waals surface area (Å²) in [5.41, 5.74) is 0.539. The molecule has 1 aromatic carbocycles. The lowest BCUT2D eigenvalue weighted by molar-refractivity contribution is -0.136. The van der Waals surface area contributed by atoms with Gasteiger partial charge in [-0.15, -0.1) is 0 Å². The van der Waals surface area contributed by atoms with E-state index in [1.54, 1.807) is 13.0 Å². The first kappa shape index (κ1) is 13.3. The number of carbonyl (C=O) groups is 2. The summed E-state index contributed by atoms with van der Waals surface area (Å²) >= 11 is 3.17. The average molecular weight is 297 g/mol. The zero-order valence-corrected chi connectivity index (χ0v) is 10.6. The number of hydrogen-bond acceptors (Lipinski definition) is 3. The third-order valence-electron chi connectivity index (χ3n) is 1.73. The summed E-state index contributed by atoms with van der Waals surface area (Å²) in [5.74, 6) is 3.13. The van der Waals surface area contributed by atoms with Crippen LogP contribution in [0.1, 0.15) is 22.8 Å². The smallest absolute Gasteiger partial charge is 0.384 e. The Labute approximate surface area is 107 Å². The van der Waals surface area contributed by atoms with E-state index in [1.807, 2.05) is 0 Å². The normalized spacial score (nSPS) is 9.06. The molecule has 5 heteroatoms. The van der Waals surface area contributed by atoms with Crippen LogP contribution in [0.3, 0.4) is 0 Å². The first-order valence-electron chi connectivity index (χ1n) is 4.75. The largest absolute Gasteiger partial charge is 0.478 e. The molecule has 0 aliphatic rings. The zero-order valence-electron chi connectivity index (χ0n) is 8.99. The van der Waals surface area contributed by atoms with Crippen LogP contribution >= 0.6 is 15.9 Å². The molecule has 0 amide bonds. The fraction of sp³-hybridized carbons (Fsp3) is 0.167. The Kier molecular flexibility index (Phi) is 4.73. The Hall–Kier alpha value is -1.80. The molecule has 0 aromatic heterocycles. The Morgan fingerprint density at radius 3 is 2.71 bits per heavy atom. The van der Waals surface area contributed by atoms with Crippen LogP contribution in [0.25, 0.3) is 0 Å². The third-order valence-corrected chi connectivity index (χ3v) is 2.19. The van der Waals surface area contributed by atoms with Gasteiger partial charge in [0.05, 0.1) is 12.2 Å². The van der Waals surface area contributed by atoms with E-state index in [1.165, 1.54) is 12.1 Å². The van der Waals surface area contributed by atoms with Crippen molar-refractivity contribution in [3.05, 3.63) is 33.8 Å². The Balaban J connectivity index is 2.99. The highest BCUT2D eigenvalue weighted by Gasteiger charge is 2.04. The zero-order chi connectivity index (χ0) is 12.8. The fourth-order valence-electron chi connectivity index (χ4n) is 1.08. The summed E-state index contributed by atoms with van der Waals surface area (Å²) in [6.45, 7) is 1.94. The van der Waals surface area contributed by atoms with Crippen LogP contribution in [0.15, 0.2) is 22.7 Å². The van der Waals surface area contributed by atoms with Crippen molar-refractivity contribution >= 4 is 27.9 Å². The van der Waals surface area contributed by atoms with Gasteiger partial charge in [-0.05, 0) is 25.1 Å². The van der Waals surface area contributed by atoms with Gasteiger partial charge in [-0.1, -0.05) is 21.9 Å². The summed E-state index contributed by atoms with van der Waals surface area (Å²) < 4.78 is 5.22. The van der Waals surface area contributed by atoms with Crippen LogP contribution in [0.5, 0.6) is 0 Å². The predicted octanol–water partition coefficient (Wildman–Crippen LogP) is 2.06. The molecule has 0 unspecified atom stereocenters. The molecule has 0 radical (unpaired) electrons. The summed E-state index contributed by atoms with van der Waals surface area (Å²) in [4.78, 5) is 21.8. The number of rotatable bonds is 2. The number of carboxylic acids is 1. The van der Waals surface area contributed by atoms with Gasteiger partial charge in [-0.2, -0.15) is 0 Å². The molecule has 0 saturated carbocycles. The van der Waals surface area contributed by atoms with Crippen LogP contribution in [0.4, 0.5) is 0 Å². The van der Waals surface area contributed by atoms with Gasteiger partial charge in [-0.25, -0.2) is 9.59 Å². The van der Waals surface area contributed by atoms with E-state index < -0.39 is 11.9 Å². The number of halogens is 1. The number of ether oxygens (including phenoxy) is 1. The lowest BCUT2D eigenvalue weighted by atomic mass is 10.1. The van der Waals surface area contributed by atoms with Crippen LogP contribution in [0.2, 0.25) is 0 Å². The Morgan fingerprint density at radius 1 is 1.41 bits per heavy atom. The van der Waals surface area contributed by atoms with Crippen LogP contribution in [-0.4, -0.2) is 23.7 Å². The number of benzene rings is 1. The second-order valence-electron chi connectivity index (χ2n) is 3.00. The molecule has 0 aliphatic carbocycles. The van der Waals surface area contributed by atoms with Gasteiger partial charge in [0.1, 0.15) is 0 Å². The van der Waals surface area contributed by atoms with Crippen molar-refractivity contribution in [3.8, 4) is 11.8 Å². The van der Waals surface area contributed by atoms with E-state index in [0.717, 1.165) is 0 Å². The molecule has 4 nitrogen and oxygen atoms in total. The van der Waals surface area contributed by atoms with Gasteiger partial charge in [0.15, 0.2) is 0 Å². The Morgan fingerprint density at radius 2 is 2.12 bits per heavy atom. The average Bonchev–Trinajstić information content (AvgIpc) is 2.26. The molecule has 0 bridgehead atoms. The van der Waals surface area contributed by atoms with Crippen molar-refractivity contribution in [2.45, 2.75) is 6.92 Å². The molecule has 1 rings (SSSR count). The van der Waals surface area contributed by atoms with Crippen LogP contribution in [0, 0.1) is 11.8 Å². The highest BCUT2D eigenvalue weighted by molar-refractivity contribution is 9.10. The maximum Gasteiger partial charge on any atom is 0.384 e. The SMILES string of the molecule is CCOC(=O)C#Cc1cc(Br)cc(C(=O)O)c1. The van der Waals surface area contributed by atoms with Gasteiger partial charge in [-0.3, -0.25) is 0 Å². The minimum Gasteiger partial charge on any atom is -0.478 e. The van der Waals surface area contributed by atoms with E-state index in [4.69, 9.17) is 5.11 Å². The third kappa shape index (κ3) is 4.29. The van der Waals surface area contributed by atoms with E-state index in [9.17, 15) is 9.59 Å². The molecule has 0 spiro atoms. The Bertz CT molecular complexity index is 511. The standard InChI is InChI=1S/C12H9BrO4/c1-2-17-11(14)4-3-8-5-9(12(15)16)7-10(13)6-8/h5-7H,2H2,1H3,(H,15,16). The molecule has 0 saturated heterocycles. The van der Waals surface area contributed by atoms with Crippen molar-refractivity contribution in [1.82, 2.24) is 0 Å². The van der Waals surface area contributed by atoms with Crippen LogP contribution in [-0.2, 0) is 9.53 Å². The molecule has 1 aromatic rings. The minimum absolute atomic E-state index is 0.104. The predicted molar refractivity (Wildman–Crippen MR) is 64.6 cm³/mol. The molecular formula is C12H9BrO4.